The minimum Gasteiger partial charge on any atom is -0.497 e. The molecular weight excluding hydrogens is 272 g/mol. The van der Waals surface area contributed by atoms with Gasteiger partial charge in [0.2, 0.25) is 0 Å². The highest BCUT2D eigenvalue weighted by molar-refractivity contribution is 7.92. The number of fused-ring (bicyclic) bond motifs is 1. The van der Waals surface area contributed by atoms with Crippen molar-refractivity contribution in [3.8, 4) is 5.75 Å². The zero-order valence-electron chi connectivity index (χ0n) is 11.4. The van der Waals surface area contributed by atoms with Crippen LogP contribution in [0, 0.1) is 0 Å². The second-order valence-corrected chi connectivity index (χ2v) is 7.31. The third-order valence-corrected chi connectivity index (χ3v) is 6.23. The lowest BCUT2D eigenvalue weighted by Gasteiger charge is -2.16. The maximum absolute atomic E-state index is 12.5. The van der Waals surface area contributed by atoms with Crippen molar-refractivity contribution < 1.29 is 13.2 Å². The molecule has 0 amide bonds. The van der Waals surface area contributed by atoms with Crippen LogP contribution in [0.25, 0.3) is 0 Å². The molecular formula is C16H16O3S. The Labute approximate surface area is 119 Å². The first-order chi connectivity index (χ1) is 9.55. The van der Waals surface area contributed by atoms with E-state index in [1.165, 1.54) is 0 Å². The quantitative estimate of drug-likeness (QED) is 0.853. The van der Waals surface area contributed by atoms with Crippen LogP contribution in [-0.4, -0.2) is 20.8 Å². The van der Waals surface area contributed by atoms with Crippen molar-refractivity contribution in [3.63, 3.8) is 0 Å². The van der Waals surface area contributed by atoms with Gasteiger partial charge in [0.1, 0.15) is 5.75 Å². The number of ether oxygens (including phenoxy) is 1. The van der Waals surface area contributed by atoms with Gasteiger partial charge in [-0.2, -0.15) is 0 Å². The van der Waals surface area contributed by atoms with Gasteiger partial charge in [0.15, 0.2) is 9.84 Å². The van der Waals surface area contributed by atoms with Gasteiger partial charge in [0.05, 0.1) is 17.3 Å². The molecule has 2 unspecified atom stereocenters. The Hall–Kier alpha value is -1.81. The van der Waals surface area contributed by atoms with Gasteiger partial charge in [-0.3, -0.25) is 0 Å². The van der Waals surface area contributed by atoms with Crippen molar-refractivity contribution in [2.24, 2.45) is 0 Å². The molecule has 3 rings (SSSR count). The summed E-state index contributed by atoms with van der Waals surface area (Å²) in [7, 11) is -1.61. The minimum atomic E-state index is -3.23. The van der Waals surface area contributed by atoms with Gasteiger partial charge >= 0.3 is 0 Å². The summed E-state index contributed by atoms with van der Waals surface area (Å²) in [4.78, 5) is 0.466. The summed E-state index contributed by atoms with van der Waals surface area (Å²) >= 11 is 0. The molecule has 2 atom stereocenters. The Morgan fingerprint density at radius 3 is 2.30 bits per heavy atom. The van der Waals surface area contributed by atoms with Crippen LogP contribution in [0.5, 0.6) is 5.75 Å². The number of hydrogen-bond donors (Lipinski definition) is 0. The molecule has 2 aromatic rings. The molecule has 0 N–H and O–H groups in total. The van der Waals surface area contributed by atoms with E-state index in [0.29, 0.717) is 4.90 Å². The number of rotatable bonds is 2. The van der Waals surface area contributed by atoms with Crippen molar-refractivity contribution in [1.82, 2.24) is 0 Å². The van der Waals surface area contributed by atoms with E-state index in [0.717, 1.165) is 16.9 Å². The molecule has 0 saturated heterocycles. The highest BCUT2D eigenvalue weighted by Crippen LogP contribution is 2.44. The third kappa shape index (κ3) is 1.83. The molecule has 0 aromatic heterocycles. The summed E-state index contributed by atoms with van der Waals surface area (Å²) in [6.45, 7) is 1.78. The lowest BCUT2D eigenvalue weighted by atomic mass is 9.89. The van der Waals surface area contributed by atoms with E-state index < -0.39 is 15.1 Å². The fourth-order valence-corrected chi connectivity index (χ4v) is 4.75. The zero-order chi connectivity index (χ0) is 14.3. The lowest BCUT2D eigenvalue weighted by Crippen LogP contribution is -2.17. The van der Waals surface area contributed by atoms with E-state index in [-0.39, 0.29) is 5.92 Å². The Morgan fingerprint density at radius 1 is 1.00 bits per heavy atom. The van der Waals surface area contributed by atoms with Gasteiger partial charge in [0, 0.05) is 5.92 Å². The van der Waals surface area contributed by atoms with Crippen molar-refractivity contribution in [2.75, 3.05) is 7.11 Å². The number of hydrogen-bond acceptors (Lipinski definition) is 3. The molecule has 0 saturated carbocycles. The molecule has 3 nitrogen and oxygen atoms in total. The summed E-state index contributed by atoms with van der Waals surface area (Å²) in [6.07, 6.45) is 0. The second kappa shape index (κ2) is 4.63. The van der Waals surface area contributed by atoms with Crippen LogP contribution in [-0.2, 0) is 9.84 Å². The first kappa shape index (κ1) is 13.2. The predicted molar refractivity (Wildman–Crippen MR) is 77.9 cm³/mol. The normalized spacial score (nSPS) is 23.3. The maximum Gasteiger partial charge on any atom is 0.182 e. The molecule has 0 radical (unpaired) electrons. The summed E-state index contributed by atoms with van der Waals surface area (Å²) in [5.41, 5.74) is 1.90. The molecule has 0 spiro atoms. The molecule has 20 heavy (non-hydrogen) atoms. The van der Waals surface area contributed by atoms with Crippen LogP contribution >= 0.6 is 0 Å². The smallest absolute Gasteiger partial charge is 0.182 e. The molecule has 1 aliphatic heterocycles. The van der Waals surface area contributed by atoms with Gasteiger partial charge < -0.3 is 4.74 Å². The average molecular weight is 288 g/mol. The Kier molecular flexibility index (Phi) is 3.05. The van der Waals surface area contributed by atoms with E-state index in [2.05, 4.69) is 0 Å². The highest BCUT2D eigenvalue weighted by atomic mass is 32.2. The maximum atomic E-state index is 12.5. The van der Waals surface area contributed by atoms with E-state index >= 15 is 0 Å². The van der Waals surface area contributed by atoms with E-state index in [4.69, 9.17) is 4.74 Å². The molecule has 0 bridgehead atoms. The van der Waals surface area contributed by atoms with Crippen LogP contribution < -0.4 is 4.74 Å². The van der Waals surface area contributed by atoms with Crippen LogP contribution in [0.2, 0.25) is 0 Å². The summed E-state index contributed by atoms with van der Waals surface area (Å²) in [5, 5.41) is -0.437. The fraction of sp³-hybridized carbons (Fsp3) is 0.250. The van der Waals surface area contributed by atoms with E-state index in [9.17, 15) is 8.42 Å². The van der Waals surface area contributed by atoms with Gasteiger partial charge in [-0.25, -0.2) is 8.42 Å². The summed E-state index contributed by atoms with van der Waals surface area (Å²) in [5.74, 6) is 0.664. The third-order valence-electron chi connectivity index (χ3n) is 3.99. The Bertz CT molecular complexity index is 733. The highest BCUT2D eigenvalue weighted by Gasteiger charge is 2.42. The monoisotopic (exact) mass is 288 g/mol. The number of benzene rings is 2. The van der Waals surface area contributed by atoms with E-state index in [1.54, 1.807) is 26.2 Å². The molecule has 1 heterocycles. The topological polar surface area (TPSA) is 43.4 Å². The zero-order valence-corrected chi connectivity index (χ0v) is 12.2. The summed E-state index contributed by atoms with van der Waals surface area (Å²) in [6, 6.07) is 14.9. The van der Waals surface area contributed by atoms with Crippen LogP contribution in [0.1, 0.15) is 24.0 Å². The first-order valence-corrected chi connectivity index (χ1v) is 8.07. The predicted octanol–water partition coefficient (Wildman–Crippen LogP) is 3.00. The standard InChI is InChI=1S/C16H16O3S/c1-11-16(12-7-9-13(19-2)10-8-12)14-5-3-4-6-15(14)20(11,17)18/h3-11,16H,1-2H3. The second-order valence-electron chi connectivity index (χ2n) is 5.04. The number of sulfone groups is 1. The molecule has 104 valence electrons. The Balaban J connectivity index is 2.14. The largest absolute Gasteiger partial charge is 0.497 e. The Morgan fingerprint density at radius 2 is 1.65 bits per heavy atom. The molecule has 2 aromatic carbocycles. The van der Waals surface area contributed by atoms with Crippen molar-refractivity contribution >= 4 is 9.84 Å². The van der Waals surface area contributed by atoms with Crippen molar-refractivity contribution in [3.05, 3.63) is 59.7 Å². The number of methoxy groups -OCH3 is 1. The molecule has 0 aliphatic carbocycles. The van der Waals surface area contributed by atoms with Gasteiger partial charge in [-0.15, -0.1) is 0 Å². The minimum absolute atomic E-state index is 0.109. The van der Waals surface area contributed by atoms with Crippen LogP contribution in [0.4, 0.5) is 0 Å². The average Bonchev–Trinajstić information content (AvgIpc) is 2.67. The van der Waals surface area contributed by atoms with E-state index in [1.807, 2.05) is 36.4 Å². The van der Waals surface area contributed by atoms with Crippen LogP contribution in [0.15, 0.2) is 53.4 Å². The molecule has 4 heteroatoms. The van der Waals surface area contributed by atoms with Gasteiger partial charge in [-0.1, -0.05) is 30.3 Å². The fourth-order valence-electron chi connectivity index (χ4n) is 2.89. The van der Waals surface area contributed by atoms with Gasteiger partial charge in [-0.05, 0) is 36.2 Å². The summed E-state index contributed by atoms with van der Waals surface area (Å²) < 4.78 is 30.1. The van der Waals surface area contributed by atoms with Crippen molar-refractivity contribution in [1.29, 1.82) is 0 Å². The lowest BCUT2D eigenvalue weighted by molar-refractivity contribution is 0.414. The van der Waals surface area contributed by atoms with Gasteiger partial charge in [0.25, 0.3) is 0 Å². The first-order valence-electron chi connectivity index (χ1n) is 6.52. The van der Waals surface area contributed by atoms with Crippen molar-refractivity contribution in [2.45, 2.75) is 23.0 Å². The van der Waals surface area contributed by atoms with Crippen LogP contribution in [0.3, 0.4) is 0 Å². The SMILES string of the molecule is COc1ccc(C2c3ccccc3S(=O)(=O)C2C)cc1. The molecule has 1 aliphatic rings. The molecule has 0 fully saturated rings.